The van der Waals surface area contributed by atoms with Crippen LogP contribution in [0.5, 0.6) is 0 Å². The van der Waals surface area contributed by atoms with E-state index in [-0.39, 0.29) is 6.10 Å². The molecule has 2 N–H and O–H groups in total. The van der Waals surface area contributed by atoms with Crippen LogP contribution >= 0.6 is 0 Å². The van der Waals surface area contributed by atoms with Gasteiger partial charge in [0.1, 0.15) is 0 Å². The molecule has 0 aromatic heterocycles. The van der Waals surface area contributed by atoms with E-state index in [2.05, 4.69) is 24.2 Å². The number of nitrogens with one attached hydrogen (secondary N) is 1. The molecule has 0 amide bonds. The number of likely N-dealkylation sites (tertiary alicyclic amines) is 1. The highest BCUT2D eigenvalue weighted by Crippen LogP contribution is 2.19. The van der Waals surface area contributed by atoms with Gasteiger partial charge in [-0.05, 0) is 52.7 Å². The molecule has 1 rings (SSSR count). The number of nitrogens with zero attached hydrogens (tertiary/aromatic N) is 1. The minimum absolute atomic E-state index is 0.233. The van der Waals surface area contributed by atoms with Crippen molar-refractivity contribution in [1.29, 1.82) is 0 Å². The zero-order chi connectivity index (χ0) is 10.6. The summed E-state index contributed by atoms with van der Waals surface area (Å²) >= 11 is 0. The van der Waals surface area contributed by atoms with Crippen molar-refractivity contribution in [1.82, 2.24) is 10.2 Å². The van der Waals surface area contributed by atoms with E-state index in [1.54, 1.807) is 0 Å². The topological polar surface area (TPSA) is 35.5 Å². The van der Waals surface area contributed by atoms with Crippen molar-refractivity contribution in [2.45, 2.75) is 38.8 Å². The van der Waals surface area contributed by atoms with Gasteiger partial charge in [-0.1, -0.05) is 0 Å². The van der Waals surface area contributed by atoms with Crippen LogP contribution in [0, 0.1) is 5.92 Å². The van der Waals surface area contributed by atoms with Crippen molar-refractivity contribution >= 4 is 0 Å². The first-order valence-corrected chi connectivity index (χ1v) is 5.69. The van der Waals surface area contributed by atoms with Crippen molar-refractivity contribution in [3.05, 3.63) is 0 Å². The van der Waals surface area contributed by atoms with E-state index >= 15 is 0 Å². The van der Waals surface area contributed by atoms with Gasteiger partial charge in [0.05, 0.1) is 6.10 Å². The lowest BCUT2D eigenvalue weighted by molar-refractivity contribution is 0.160. The normalized spacial score (nSPS) is 24.9. The number of piperidine rings is 1. The Labute approximate surface area is 87.5 Å². The zero-order valence-corrected chi connectivity index (χ0v) is 9.66. The van der Waals surface area contributed by atoms with E-state index in [9.17, 15) is 5.11 Å². The molecule has 0 aromatic rings. The lowest BCUT2D eigenvalue weighted by Gasteiger charge is -2.33. The quantitative estimate of drug-likeness (QED) is 0.701. The monoisotopic (exact) mass is 200 g/mol. The Balaban J connectivity index is 2.20. The zero-order valence-electron chi connectivity index (χ0n) is 9.66. The maximum Gasteiger partial charge on any atom is 0.0636 e. The average molecular weight is 200 g/mol. The van der Waals surface area contributed by atoms with E-state index in [4.69, 9.17) is 0 Å². The Kier molecular flexibility index (Phi) is 4.85. The molecule has 14 heavy (non-hydrogen) atoms. The van der Waals surface area contributed by atoms with Crippen LogP contribution < -0.4 is 5.32 Å². The molecular formula is C11H24N2O. The van der Waals surface area contributed by atoms with Gasteiger partial charge in [-0.3, -0.25) is 0 Å². The average Bonchev–Trinajstić information content (AvgIpc) is 2.15. The van der Waals surface area contributed by atoms with E-state index in [1.165, 1.54) is 25.9 Å². The van der Waals surface area contributed by atoms with E-state index in [1.807, 2.05) is 6.92 Å². The van der Waals surface area contributed by atoms with Crippen LogP contribution in [-0.2, 0) is 0 Å². The van der Waals surface area contributed by atoms with Crippen molar-refractivity contribution < 1.29 is 5.11 Å². The summed E-state index contributed by atoms with van der Waals surface area (Å²) in [5.41, 5.74) is 0. The Morgan fingerprint density at radius 1 is 1.36 bits per heavy atom. The van der Waals surface area contributed by atoms with E-state index in [0.717, 1.165) is 5.92 Å². The van der Waals surface area contributed by atoms with Crippen molar-refractivity contribution in [2.75, 3.05) is 26.7 Å². The molecule has 1 fully saturated rings. The van der Waals surface area contributed by atoms with Crippen molar-refractivity contribution in [3.63, 3.8) is 0 Å². The number of hydrogen-bond acceptors (Lipinski definition) is 3. The number of hydrogen-bond donors (Lipinski definition) is 2. The first-order chi connectivity index (χ1) is 6.59. The molecule has 2 atom stereocenters. The largest absolute Gasteiger partial charge is 0.392 e. The first-order valence-electron chi connectivity index (χ1n) is 5.69. The molecule has 0 spiro atoms. The molecule has 1 unspecified atom stereocenters. The molecule has 0 saturated carbocycles. The summed E-state index contributed by atoms with van der Waals surface area (Å²) in [7, 11) is 2.18. The Morgan fingerprint density at radius 2 is 1.93 bits per heavy atom. The fourth-order valence-electron chi connectivity index (χ4n) is 2.05. The minimum atomic E-state index is -0.233. The molecule has 3 heteroatoms. The van der Waals surface area contributed by atoms with Crippen LogP contribution in [0.1, 0.15) is 26.7 Å². The maximum absolute atomic E-state index is 9.17. The molecule has 0 aliphatic carbocycles. The Bertz CT molecular complexity index is 153. The van der Waals surface area contributed by atoms with Crippen LogP contribution in [0.15, 0.2) is 0 Å². The van der Waals surface area contributed by atoms with Gasteiger partial charge in [0.2, 0.25) is 0 Å². The molecule has 1 saturated heterocycles. The van der Waals surface area contributed by atoms with Gasteiger partial charge in [0.25, 0.3) is 0 Å². The van der Waals surface area contributed by atoms with E-state index in [0.29, 0.717) is 12.6 Å². The van der Waals surface area contributed by atoms with Crippen LogP contribution in [-0.4, -0.2) is 48.8 Å². The third-order valence-electron chi connectivity index (χ3n) is 3.21. The molecule has 1 aliphatic rings. The van der Waals surface area contributed by atoms with Gasteiger partial charge < -0.3 is 15.3 Å². The molecule has 0 aromatic carbocycles. The second-order valence-electron chi connectivity index (χ2n) is 4.69. The summed E-state index contributed by atoms with van der Waals surface area (Å²) in [6.45, 7) is 7.21. The predicted octanol–water partition coefficient (Wildman–Crippen LogP) is 0.687. The summed E-state index contributed by atoms with van der Waals surface area (Å²) in [4.78, 5) is 2.39. The SMILES string of the molecule is CC(NC[C@H](C)O)C1CCN(C)CC1. The smallest absolute Gasteiger partial charge is 0.0636 e. The van der Waals surface area contributed by atoms with Crippen molar-refractivity contribution in [3.8, 4) is 0 Å². The molecule has 1 aliphatic heterocycles. The van der Waals surface area contributed by atoms with Crippen molar-refractivity contribution in [2.24, 2.45) is 5.92 Å². The molecule has 3 nitrogen and oxygen atoms in total. The van der Waals surface area contributed by atoms with E-state index < -0.39 is 0 Å². The summed E-state index contributed by atoms with van der Waals surface area (Å²) in [5.74, 6) is 0.782. The van der Waals surface area contributed by atoms with Crippen LogP contribution in [0.3, 0.4) is 0 Å². The van der Waals surface area contributed by atoms with Crippen LogP contribution in [0.2, 0.25) is 0 Å². The molecular weight excluding hydrogens is 176 g/mol. The standard InChI is InChI=1S/C11H24N2O/c1-9(14)8-12-10(2)11-4-6-13(3)7-5-11/h9-12,14H,4-8H2,1-3H3/t9-,10?/m0/s1. The molecule has 0 radical (unpaired) electrons. The number of aliphatic hydroxyl groups excluding tert-OH is 1. The summed E-state index contributed by atoms with van der Waals surface area (Å²) in [6.07, 6.45) is 2.33. The fourth-order valence-corrected chi connectivity index (χ4v) is 2.05. The third kappa shape index (κ3) is 3.95. The molecule has 1 heterocycles. The highest BCUT2D eigenvalue weighted by molar-refractivity contribution is 4.78. The second-order valence-corrected chi connectivity index (χ2v) is 4.69. The van der Waals surface area contributed by atoms with Gasteiger partial charge in [-0.2, -0.15) is 0 Å². The van der Waals surface area contributed by atoms with Crippen LogP contribution in [0.4, 0.5) is 0 Å². The van der Waals surface area contributed by atoms with Gasteiger partial charge in [-0.15, -0.1) is 0 Å². The van der Waals surface area contributed by atoms with Gasteiger partial charge in [-0.25, -0.2) is 0 Å². The number of rotatable bonds is 4. The van der Waals surface area contributed by atoms with Gasteiger partial charge in [0.15, 0.2) is 0 Å². The highest BCUT2D eigenvalue weighted by Gasteiger charge is 2.21. The third-order valence-corrected chi connectivity index (χ3v) is 3.21. The summed E-state index contributed by atoms with van der Waals surface area (Å²) in [6, 6.07) is 0.540. The minimum Gasteiger partial charge on any atom is -0.392 e. The lowest BCUT2D eigenvalue weighted by Crippen LogP contribution is -2.42. The van der Waals surface area contributed by atoms with Gasteiger partial charge in [0, 0.05) is 12.6 Å². The summed E-state index contributed by atoms with van der Waals surface area (Å²) < 4.78 is 0. The fraction of sp³-hybridized carbons (Fsp3) is 1.00. The second kappa shape index (κ2) is 5.69. The van der Waals surface area contributed by atoms with Crippen LogP contribution in [0.25, 0.3) is 0 Å². The lowest BCUT2D eigenvalue weighted by atomic mass is 9.90. The predicted molar refractivity (Wildman–Crippen MR) is 59.4 cm³/mol. The Hall–Kier alpha value is -0.120. The Morgan fingerprint density at radius 3 is 2.43 bits per heavy atom. The summed E-state index contributed by atoms with van der Waals surface area (Å²) in [5, 5.41) is 12.6. The highest BCUT2D eigenvalue weighted by atomic mass is 16.3. The first kappa shape index (κ1) is 12.0. The number of aliphatic hydroxyl groups is 1. The molecule has 84 valence electrons. The maximum atomic E-state index is 9.17. The van der Waals surface area contributed by atoms with Gasteiger partial charge >= 0.3 is 0 Å². The molecule has 0 bridgehead atoms.